The van der Waals surface area contributed by atoms with E-state index in [-0.39, 0.29) is 24.2 Å². The predicted molar refractivity (Wildman–Crippen MR) is 71.3 cm³/mol. The maximum absolute atomic E-state index is 11.8. The van der Waals surface area contributed by atoms with Gasteiger partial charge < -0.3 is 15.4 Å². The molecule has 1 atom stereocenters. The Bertz CT molecular complexity index is 470. The van der Waals surface area contributed by atoms with Gasteiger partial charge in [-0.05, 0) is 24.1 Å². The predicted octanol–water partition coefficient (Wildman–Crippen LogP) is 0.833. The van der Waals surface area contributed by atoms with Crippen LogP contribution in [0.4, 0.5) is 5.69 Å². The number of benzene rings is 1. The van der Waals surface area contributed by atoms with Gasteiger partial charge in [-0.25, -0.2) is 0 Å². The van der Waals surface area contributed by atoms with Gasteiger partial charge in [0.15, 0.2) is 0 Å². The molecule has 2 rings (SSSR count). The van der Waals surface area contributed by atoms with Crippen molar-refractivity contribution in [1.29, 1.82) is 0 Å². The molecule has 0 bridgehead atoms. The normalized spacial score (nSPS) is 18.7. The molecule has 0 spiro atoms. The van der Waals surface area contributed by atoms with Crippen molar-refractivity contribution < 1.29 is 14.3 Å². The molecule has 5 nitrogen and oxygen atoms in total. The van der Waals surface area contributed by atoms with Gasteiger partial charge in [-0.2, -0.15) is 0 Å². The topological polar surface area (TPSA) is 72.6 Å². The van der Waals surface area contributed by atoms with Gasteiger partial charge in [0.1, 0.15) is 0 Å². The molecule has 2 N–H and O–H groups in total. The third-order valence-corrected chi connectivity index (χ3v) is 3.40. The summed E-state index contributed by atoms with van der Waals surface area (Å²) in [6.45, 7) is 1.08. The molecule has 1 heterocycles. The molecule has 1 aliphatic rings. The molecule has 0 radical (unpaired) electrons. The Morgan fingerprint density at radius 3 is 2.74 bits per heavy atom. The van der Waals surface area contributed by atoms with Crippen LogP contribution in [-0.2, 0) is 20.7 Å². The molecule has 1 aliphatic heterocycles. The summed E-state index contributed by atoms with van der Waals surface area (Å²) in [5.41, 5.74) is 7.47. The summed E-state index contributed by atoms with van der Waals surface area (Å²) in [6, 6.07) is 7.60. The van der Waals surface area contributed by atoms with Crippen molar-refractivity contribution >= 4 is 17.6 Å². The standard InChI is InChI=1S/C14H18N2O3/c1-19-14(18)11-8-13(17)16(9-11)7-6-10-2-4-12(15)5-3-10/h2-5,11H,6-9,15H2,1H3. The Morgan fingerprint density at radius 1 is 1.42 bits per heavy atom. The number of hydrogen-bond acceptors (Lipinski definition) is 4. The number of methoxy groups -OCH3 is 1. The van der Waals surface area contributed by atoms with Gasteiger partial charge in [-0.1, -0.05) is 12.1 Å². The van der Waals surface area contributed by atoms with Gasteiger partial charge in [-0.15, -0.1) is 0 Å². The molecule has 1 fully saturated rings. The number of carbonyl (C=O) groups is 2. The number of hydrogen-bond donors (Lipinski definition) is 1. The molecule has 1 saturated heterocycles. The van der Waals surface area contributed by atoms with E-state index in [1.165, 1.54) is 7.11 Å². The van der Waals surface area contributed by atoms with Gasteiger partial charge in [0.2, 0.25) is 5.91 Å². The van der Waals surface area contributed by atoms with Crippen LogP contribution >= 0.6 is 0 Å². The van der Waals surface area contributed by atoms with Crippen molar-refractivity contribution in [3.8, 4) is 0 Å². The minimum Gasteiger partial charge on any atom is -0.469 e. The van der Waals surface area contributed by atoms with E-state index >= 15 is 0 Å². The van der Waals surface area contributed by atoms with E-state index in [2.05, 4.69) is 4.74 Å². The van der Waals surface area contributed by atoms with Crippen molar-refractivity contribution in [3.63, 3.8) is 0 Å². The van der Waals surface area contributed by atoms with Gasteiger partial charge in [0.25, 0.3) is 0 Å². The van der Waals surface area contributed by atoms with E-state index in [0.717, 1.165) is 17.7 Å². The number of likely N-dealkylation sites (tertiary alicyclic amines) is 1. The summed E-state index contributed by atoms with van der Waals surface area (Å²) < 4.78 is 4.68. The van der Waals surface area contributed by atoms with Crippen molar-refractivity contribution in [1.82, 2.24) is 4.90 Å². The van der Waals surface area contributed by atoms with Crippen LogP contribution in [0.1, 0.15) is 12.0 Å². The summed E-state index contributed by atoms with van der Waals surface area (Å²) >= 11 is 0. The number of nitrogen functional groups attached to an aromatic ring is 1. The molecule has 0 saturated carbocycles. The van der Waals surface area contributed by atoms with E-state index < -0.39 is 0 Å². The molecule has 0 aliphatic carbocycles. The van der Waals surface area contributed by atoms with E-state index in [1.807, 2.05) is 24.3 Å². The minimum absolute atomic E-state index is 0.0193. The summed E-state index contributed by atoms with van der Waals surface area (Å²) in [5, 5.41) is 0. The van der Waals surface area contributed by atoms with E-state index in [9.17, 15) is 9.59 Å². The summed E-state index contributed by atoms with van der Waals surface area (Å²) in [6.07, 6.45) is 1.02. The van der Waals surface area contributed by atoms with Gasteiger partial charge in [0.05, 0.1) is 13.0 Å². The lowest BCUT2D eigenvalue weighted by atomic mass is 10.1. The average Bonchev–Trinajstić information content (AvgIpc) is 2.79. The molecule has 0 aromatic heterocycles. The van der Waals surface area contributed by atoms with Crippen LogP contribution in [0.3, 0.4) is 0 Å². The number of rotatable bonds is 4. The molecule has 1 aromatic carbocycles. The minimum atomic E-state index is -0.316. The fourth-order valence-corrected chi connectivity index (χ4v) is 2.26. The van der Waals surface area contributed by atoms with E-state index in [0.29, 0.717) is 13.1 Å². The number of nitrogens with zero attached hydrogens (tertiary/aromatic N) is 1. The van der Waals surface area contributed by atoms with Crippen LogP contribution in [0.2, 0.25) is 0 Å². The highest BCUT2D eigenvalue weighted by molar-refractivity contribution is 5.86. The Hall–Kier alpha value is -2.04. The van der Waals surface area contributed by atoms with Crippen LogP contribution in [0.15, 0.2) is 24.3 Å². The van der Waals surface area contributed by atoms with Crippen molar-refractivity contribution in [3.05, 3.63) is 29.8 Å². The second-order valence-corrected chi connectivity index (χ2v) is 4.76. The second kappa shape index (κ2) is 5.73. The number of esters is 1. The number of carbonyl (C=O) groups excluding carboxylic acids is 2. The fourth-order valence-electron chi connectivity index (χ4n) is 2.26. The third kappa shape index (κ3) is 3.24. The van der Waals surface area contributed by atoms with Gasteiger partial charge >= 0.3 is 5.97 Å². The first-order valence-electron chi connectivity index (χ1n) is 6.30. The van der Waals surface area contributed by atoms with Crippen molar-refractivity contribution in [2.45, 2.75) is 12.8 Å². The molecule has 1 amide bonds. The Kier molecular flexibility index (Phi) is 4.04. The first-order chi connectivity index (χ1) is 9.10. The Balaban J connectivity index is 1.88. The Morgan fingerprint density at radius 2 is 2.11 bits per heavy atom. The number of nitrogens with two attached hydrogens (primary N) is 1. The zero-order chi connectivity index (χ0) is 13.8. The largest absolute Gasteiger partial charge is 0.469 e. The van der Waals surface area contributed by atoms with Gasteiger partial charge in [-0.3, -0.25) is 9.59 Å². The maximum Gasteiger partial charge on any atom is 0.310 e. The zero-order valence-corrected chi connectivity index (χ0v) is 11.0. The van der Waals surface area contributed by atoms with Crippen LogP contribution in [0.25, 0.3) is 0 Å². The lowest BCUT2D eigenvalue weighted by Crippen LogP contribution is -2.28. The SMILES string of the molecule is COC(=O)C1CC(=O)N(CCc2ccc(N)cc2)C1. The van der Waals surface area contributed by atoms with Crippen molar-refractivity contribution in [2.24, 2.45) is 5.92 Å². The summed E-state index contributed by atoms with van der Waals surface area (Å²) in [4.78, 5) is 24.9. The molecule has 102 valence electrons. The lowest BCUT2D eigenvalue weighted by Gasteiger charge is -2.16. The highest BCUT2D eigenvalue weighted by Gasteiger charge is 2.34. The highest BCUT2D eigenvalue weighted by Crippen LogP contribution is 2.19. The number of amides is 1. The van der Waals surface area contributed by atoms with Crippen LogP contribution in [0, 0.1) is 5.92 Å². The quantitative estimate of drug-likeness (QED) is 0.644. The highest BCUT2D eigenvalue weighted by atomic mass is 16.5. The third-order valence-electron chi connectivity index (χ3n) is 3.40. The summed E-state index contributed by atoms with van der Waals surface area (Å²) in [7, 11) is 1.35. The van der Waals surface area contributed by atoms with Gasteiger partial charge in [0, 0.05) is 25.2 Å². The smallest absolute Gasteiger partial charge is 0.310 e. The van der Waals surface area contributed by atoms with E-state index in [1.54, 1.807) is 4.90 Å². The molecule has 1 unspecified atom stereocenters. The monoisotopic (exact) mass is 262 g/mol. The lowest BCUT2D eigenvalue weighted by molar-refractivity contribution is -0.145. The van der Waals surface area contributed by atoms with Crippen molar-refractivity contribution in [2.75, 3.05) is 25.9 Å². The Labute approximate surface area is 112 Å². The molecule has 19 heavy (non-hydrogen) atoms. The van der Waals surface area contributed by atoms with E-state index in [4.69, 9.17) is 5.73 Å². The molecule has 5 heteroatoms. The zero-order valence-electron chi connectivity index (χ0n) is 11.0. The van der Waals surface area contributed by atoms with Crippen LogP contribution in [-0.4, -0.2) is 37.0 Å². The first kappa shape index (κ1) is 13.4. The number of anilines is 1. The van der Waals surface area contributed by atoms with Crippen LogP contribution in [0.5, 0.6) is 0 Å². The molecular weight excluding hydrogens is 244 g/mol. The first-order valence-corrected chi connectivity index (χ1v) is 6.30. The summed E-state index contributed by atoms with van der Waals surface area (Å²) in [5.74, 6) is -0.599. The maximum atomic E-state index is 11.8. The fraction of sp³-hybridized carbons (Fsp3) is 0.429. The second-order valence-electron chi connectivity index (χ2n) is 4.76. The number of ether oxygens (including phenoxy) is 1. The van der Waals surface area contributed by atoms with Crippen LogP contribution < -0.4 is 5.73 Å². The molecule has 1 aromatic rings. The molecular formula is C14H18N2O3. The average molecular weight is 262 g/mol.